The predicted octanol–water partition coefficient (Wildman–Crippen LogP) is 1.29. The van der Waals surface area contributed by atoms with Crippen LogP contribution in [0.4, 0.5) is 15.8 Å². The van der Waals surface area contributed by atoms with E-state index in [-0.39, 0.29) is 23.9 Å². The van der Waals surface area contributed by atoms with Gasteiger partial charge in [0.25, 0.3) is 0 Å². The molecule has 1 aromatic rings. The van der Waals surface area contributed by atoms with Crippen LogP contribution >= 0.6 is 0 Å². The second kappa shape index (κ2) is 6.53. The summed E-state index contributed by atoms with van der Waals surface area (Å²) in [4.78, 5) is 20.6. The first-order valence-electron chi connectivity index (χ1n) is 5.46. The molecule has 19 heavy (non-hydrogen) atoms. The van der Waals surface area contributed by atoms with Gasteiger partial charge in [-0.1, -0.05) is 0 Å². The first-order valence-corrected chi connectivity index (χ1v) is 5.46. The fourth-order valence-electron chi connectivity index (χ4n) is 1.42. The highest BCUT2D eigenvalue weighted by Crippen LogP contribution is 2.32. The Labute approximate surface area is 108 Å². The van der Waals surface area contributed by atoms with E-state index >= 15 is 0 Å². The lowest BCUT2D eigenvalue weighted by Gasteiger charge is -2.10. The second-order valence-electron chi connectivity index (χ2n) is 3.67. The Morgan fingerprint density at radius 2 is 2.16 bits per heavy atom. The number of nitro benzene ring substituents is 1. The molecule has 1 rings (SSSR count). The van der Waals surface area contributed by atoms with Crippen LogP contribution in [-0.4, -0.2) is 31.0 Å². The van der Waals surface area contributed by atoms with E-state index in [2.05, 4.69) is 10.6 Å². The van der Waals surface area contributed by atoms with Gasteiger partial charge in [-0.05, 0) is 0 Å². The van der Waals surface area contributed by atoms with Crippen molar-refractivity contribution in [3.8, 4) is 5.75 Å². The quantitative estimate of drug-likeness (QED) is 0.462. The molecule has 2 N–H and O–H groups in total. The highest BCUT2D eigenvalue weighted by atomic mass is 19.1. The topological polar surface area (TPSA) is 93.5 Å². The van der Waals surface area contributed by atoms with Crippen molar-refractivity contribution < 1.29 is 18.8 Å². The number of carbonyl (C=O) groups excluding carboxylic acids is 1. The molecule has 0 heterocycles. The Morgan fingerprint density at radius 3 is 2.68 bits per heavy atom. The van der Waals surface area contributed by atoms with Crippen molar-refractivity contribution in [2.75, 3.05) is 25.5 Å². The van der Waals surface area contributed by atoms with Crippen LogP contribution < -0.4 is 15.4 Å². The van der Waals surface area contributed by atoms with E-state index < -0.39 is 16.4 Å². The van der Waals surface area contributed by atoms with Gasteiger partial charge in [0.15, 0.2) is 11.6 Å². The number of nitro groups is 1. The van der Waals surface area contributed by atoms with Gasteiger partial charge in [0, 0.05) is 26.1 Å². The third kappa shape index (κ3) is 4.09. The number of benzene rings is 1. The number of amides is 1. The van der Waals surface area contributed by atoms with Crippen LogP contribution in [0.15, 0.2) is 12.1 Å². The summed E-state index contributed by atoms with van der Waals surface area (Å²) in [5.41, 5.74) is -0.361. The van der Waals surface area contributed by atoms with Crippen molar-refractivity contribution in [3.63, 3.8) is 0 Å². The van der Waals surface area contributed by atoms with Crippen LogP contribution in [0.1, 0.15) is 6.92 Å². The summed E-state index contributed by atoms with van der Waals surface area (Å²) in [7, 11) is 1.27. The number of rotatable bonds is 6. The average molecular weight is 271 g/mol. The van der Waals surface area contributed by atoms with Crippen LogP contribution in [0.25, 0.3) is 0 Å². The molecule has 0 bridgehead atoms. The Bertz CT molecular complexity index is 493. The van der Waals surface area contributed by atoms with Gasteiger partial charge in [0.1, 0.15) is 0 Å². The van der Waals surface area contributed by atoms with E-state index in [1.165, 1.54) is 20.1 Å². The highest BCUT2D eigenvalue weighted by Gasteiger charge is 2.18. The first-order chi connectivity index (χ1) is 8.95. The molecule has 0 radical (unpaired) electrons. The van der Waals surface area contributed by atoms with Gasteiger partial charge < -0.3 is 15.4 Å². The summed E-state index contributed by atoms with van der Waals surface area (Å²) in [6.45, 7) is 1.97. The molecule has 0 aliphatic carbocycles. The molecule has 7 nitrogen and oxygen atoms in total. The number of carbonyl (C=O) groups is 1. The summed E-state index contributed by atoms with van der Waals surface area (Å²) < 4.78 is 18.4. The number of methoxy groups -OCH3 is 1. The summed E-state index contributed by atoms with van der Waals surface area (Å²) >= 11 is 0. The number of halogens is 1. The van der Waals surface area contributed by atoms with Gasteiger partial charge in [0.2, 0.25) is 5.91 Å². The van der Waals surface area contributed by atoms with Gasteiger partial charge in [-0.15, -0.1) is 0 Å². The minimum absolute atomic E-state index is 0.0339. The van der Waals surface area contributed by atoms with Crippen LogP contribution in [0.5, 0.6) is 5.75 Å². The Hall–Kier alpha value is -2.38. The number of hydrogen-bond acceptors (Lipinski definition) is 5. The minimum atomic E-state index is -0.754. The molecule has 8 heteroatoms. The third-order valence-electron chi connectivity index (χ3n) is 2.28. The summed E-state index contributed by atoms with van der Waals surface area (Å²) in [6, 6.07) is 2.00. The summed E-state index contributed by atoms with van der Waals surface area (Å²) in [6.07, 6.45) is 0. The van der Waals surface area contributed by atoms with E-state index in [1.54, 1.807) is 0 Å². The predicted molar refractivity (Wildman–Crippen MR) is 66.8 cm³/mol. The third-order valence-corrected chi connectivity index (χ3v) is 2.28. The molecular weight excluding hydrogens is 257 g/mol. The lowest BCUT2D eigenvalue weighted by atomic mass is 10.2. The van der Waals surface area contributed by atoms with Crippen LogP contribution in [0.2, 0.25) is 0 Å². The molecule has 0 saturated carbocycles. The molecule has 1 amide bonds. The molecule has 104 valence electrons. The van der Waals surface area contributed by atoms with Crippen molar-refractivity contribution in [2.45, 2.75) is 6.92 Å². The molecule has 0 unspecified atom stereocenters. The molecule has 1 aromatic carbocycles. The van der Waals surface area contributed by atoms with Crippen molar-refractivity contribution in [1.29, 1.82) is 0 Å². The molecule has 0 atom stereocenters. The fraction of sp³-hybridized carbons (Fsp3) is 0.364. The first kappa shape index (κ1) is 14.7. The monoisotopic (exact) mass is 271 g/mol. The zero-order chi connectivity index (χ0) is 14.4. The van der Waals surface area contributed by atoms with Crippen molar-refractivity contribution >= 4 is 17.3 Å². The fourth-order valence-corrected chi connectivity index (χ4v) is 1.42. The molecule has 0 aliphatic heterocycles. The molecule has 0 saturated heterocycles. The van der Waals surface area contributed by atoms with Gasteiger partial charge in [0.05, 0.1) is 23.8 Å². The Kier molecular flexibility index (Phi) is 5.04. The molecule has 0 aliphatic rings. The molecule has 0 fully saturated rings. The summed E-state index contributed by atoms with van der Waals surface area (Å²) in [5, 5.41) is 15.9. The number of anilines is 1. The van der Waals surface area contributed by atoms with Gasteiger partial charge >= 0.3 is 5.69 Å². The van der Waals surface area contributed by atoms with E-state index in [1.807, 2.05) is 0 Å². The second-order valence-corrected chi connectivity index (χ2v) is 3.67. The van der Waals surface area contributed by atoms with E-state index in [4.69, 9.17) is 4.74 Å². The number of ether oxygens (including phenoxy) is 1. The number of hydrogen-bond donors (Lipinski definition) is 2. The molecule has 0 aromatic heterocycles. The van der Waals surface area contributed by atoms with Gasteiger partial charge in [-0.25, -0.2) is 4.39 Å². The van der Waals surface area contributed by atoms with E-state index in [0.29, 0.717) is 6.54 Å². The van der Waals surface area contributed by atoms with E-state index in [0.717, 1.165) is 6.07 Å². The SMILES string of the molecule is COc1cc(NCCNC(C)=O)c(F)cc1[N+](=O)[O-]. The highest BCUT2D eigenvalue weighted by molar-refractivity contribution is 5.72. The van der Waals surface area contributed by atoms with Gasteiger partial charge in [-0.3, -0.25) is 14.9 Å². The molecule has 0 spiro atoms. The smallest absolute Gasteiger partial charge is 0.313 e. The summed E-state index contributed by atoms with van der Waals surface area (Å²) in [5.74, 6) is -0.979. The maximum Gasteiger partial charge on any atom is 0.313 e. The Balaban J connectivity index is 2.79. The minimum Gasteiger partial charge on any atom is -0.490 e. The zero-order valence-electron chi connectivity index (χ0n) is 10.5. The average Bonchev–Trinajstić information content (AvgIpc) is 2.35. The largest absolute Gasteiger partial charge is 0.490 e. The van der Waals surface area contributed by atoms with E-state index in [9.17, 15) is 19.3 Å². The normalized spacial score (nSPS) is 9.84. The van der Waals surface area contributed by atoms with Crippen LogP contribution in [-0.2, 0) is 4.79 Å². The van der Waals surface area contributed by atoms with Gasteiger partial charge in [-0.2, -0.15) is 0 Å². The zero-order valence-corrected chi connectivity index (χ0v) is 10.5. The van der Waals surface area contributed by atoms with Crippen molar-refractivity contribution in [2.24, 2.45) is 0 Å². The van der Waals surface area contributed by atoms with Crippen LogP contribution in [0.3, 0.4) is 0 Å². The lowest BCUT2D eigenvalue weighted by Crippen LogP contribution is -2.26. The molecular formula is C11H14FN3O4. The maximum absolute atomic E-state index is 13.6. The van der Waals surface area contributed by atoms with Crippen LogP contribution in [0, 0.1) is 15.9 Å². The maximum atomic E-state index is 13.6. The Morgan fingerprint density at radius 1 is 1.47 bits per heavy atom. The standard InChI is InChI=1S/C11H14FN3O4/c1-7(16)13-3-4-14-9-6-11(19-2)10(15(17)18)5-8(9)12/h5-6,14H,3-4H2,1-2H3,(H,13,16). The van der Waals surface area contributed by atoms with Crippen molar-refractivity contribution in [1.82, 2.24) is 5.32 Å². The van der Waals surface area contributed by atoms with Crippen molar-refractivity contribution in [3.05, 3.63) is 28.1 Å². The number of nitrogens with zero attached hydrogens (tertiary/aromatic N) is 1. The lowest BCUT2D eigenvalue weighted by molar-refractivity contribution is -0.385. The number of nitrogens with one attached hydrogen (secondary N) is 2.